The highest BCUT2D eigenvalue weighted by Crippen LogP contribution is 2.29. The molecule has 6 nitrogen and oxygen atoms in total. The van der Waals surface area contributed by atoms with Crippen molar-refractivity contribution < 1.29 is 0 Å². The second-order valence-corrected chi connectivity index (χ2v) is 4.84. The number of nitrogens with two attached hydrogens (primary N) is 1. The molecule has 0 aliphatic rings. The third kappa shape index (κ3) is 1.87. The summed E-state index contributed by atoms with van der Waals surface area (Å²) in [6.07, 6.45) is 4.77. The van der Waals surface area contributed by atoms with Gasteiger partial charge in [0.15, 0.2) is 5.82 Å². The molecule has 2 aromatic heterocycles. The van der Waals surface area contributed by atoms with E-state index in [0.717, 1.165) is 19.3 Å². The molecule has 2 rings (SSSR count). The van der Waals surface area contributed by atoms with Gasteiger partial charge in [0.05, 0.1) is 6.33 Å². The second kappa shape index (κ2) is 4.44. The summed E-state index contributed by atoms with van der Waals surface area (Å²) in [6.45, 7) is 6.43. The van der Waals surface area contributed by atoms with E-state index in [1.54, 1.807) is 6.33 Å². The number of aromatic amines is 1. The summed E-state index contributed by atoms with van der Waals surface area (Å²) < 4.78 is 2.01. The molecule has 0 aliphatic carbocycles. The highest BCUT2D eigenvalue weighted by molar-refractivity contribution is 5.81. The van der Waals surface area contributed by atoms with E-state index in [1.807, 2.05) is 4.57 Å². The van der Waals surface area contributed by atoms with E-state index in [1.165, 1.54) is 0 Å². The summed E-state index contributed by atoms with van der Waals surface area (Å²) in [5.74, 6) is 0.183. The van der Waals surface area contributed by atoms with Crippen molar-refractivity contribution in [3.63, 3.8) is 0 Å². The number of H-pyrrole nitrogens is 1. The lowest BCUT2D eigenvalue weighted by molar-refractivity contribution is 0.285. The van der Waals surface area contributed by atoms with Crippen LogP contribution in [-0.2, 0) is 5.54 Å². The number of hydrogen-bond donors (Lipinski definition) is 2. The number of aromatic nitrogens is 4. The van der Waals surface area contributed by atoms with E-state index in [0.29, 0.717) is 11.2 Å². The molecule has 0 aliphatic heterocycles. The van der Waals surface area contributed by atoms with Crippen molar-refractivity contribution in [1.82, 2.24) is 19.5 Å². The normalized spacial score (nSPS) is 14.8. The van der Waals surface area contributed by atoms with Crippen LogP contribution in [0, 0.1) is 0 Å². The van der Waals surface area contributed by atoms with Crippen LogP contribution < -0.4 is 11.4 Å². The number of anilines is 1. The first-order chi connectivity index (χ1) is 8.51. The van der Waals surface area contributed by atoms with Crippen molar-refractivity contribution in [2.75, 3.05) is 5.73 Å². The molecule has 2 aromatic rings. The molecule has 2 heterocycles. The summed E-state index contributed by atoms with van der Waals surface area (Å²) in [4.78, 5) is 22.1. The molecule has 0 spiro atoms. The van der Waals surface area contributed by atoms with Gasteiger partial charge in [-0.1, -0.05) is 20.3 Å². The molecule has 0 aromatic carbocycles. The maximum absolute atomic E-state index is 11.4. The van der Waals surface area contributed by atoms with Crippen molar-refractivity contribution in [2.45, 2.75) is 45.6 Å². The minimum absolute atomic E-state index is 0.0692. The van der Waals surface area contributed by atoms with Gasteiger partial charge in [0, 0.05) is 5.54 Å². The molecule has 0 fully saturated rings. The van der Waals surface area contributed by atoms with Gasteiger partial charge in [-0.05, 0) is 19.8 Å². The Morgan fingerprint density at radius 2 is 2.22 bits per heavy atom. The fourth-order valence-corrected chi connectivity index (χ4v) is 2.36. The summed E-state index contributed by atoms with van der Waals surface area (Å²) in [5, 5.41) is 0. The van der Waals surface area contributed by atoms with Gasteiger partial charge in [-0.2, -0.15) is 4.98 Å². The topological polar surface area (TPSA) is 89.6 Å². The highest BCUT2D eigenvalue weighted by Gasteiger charge is 2.26. The Balaban J connectivity index is 2.68. The number of nitrogens with zero attached hydrogens (tertiary/aromatic N) is 3. The Labute approximate surface area is 105 Å². The van der Waals surface area contributed by atoms with Gasteiger partial charge in [0.25, 0.3) is 0 Å². The smallest absolute Gasteiger partial charge is 0.348 e. The number of hydrogen-bond acceptors (Lipinski definition) is 4. The van der Waals surface area contributed by atoms with Gasteiger partial charge in [0.1, 0.15) is 11.2 Å². The Bertz CT molecular complexity index is 614. The number of rotatable bonds is 4. The first-order valence-electron chi connectivity index (χ1n) is 6.25. The van der Waals surface area contributed by atoms with E-state index in [2.05, 4.69) is 35.7 Å². The number of imidazole rings is 1. The van der Waals surface area contributed by atoms with E-state index in [-0.39, 0.29) is 11.4 Å². The van der Waals surface area contributed by atoms with Crippen LogP contribution >= 0.6 is 0 Å². The molecular formula is C12H19N5O. The average molecular weight is 249 g/mol. The van der Waals surface area contributed by atoms with Crippen LogP contribution in [0.3, 0.4) is 0 Å². The quantitative estimate of drug-likeness (QED) is 0.861. The first-order valence-corrected chi connectivity index (χ1v) is 6.25. The lowest BCUT2D eigenvalue weighted by Crippen LogP contribution is -2.29. The SMILES string of the molecule is CCCC(C)(CC)n1cnc2c(N)nc(=O)[nH]c21. The maximum Gasteiger partial charge on any atom is 0.348 e. The van der Waals surface area contributed by atoms with Crippen LogP contribution in [0.2, 0.25) is 0 Å². The Hall–Kier alpha value is -1.85. The molecular weight excluding hydrogens is 230 g/mol. The van der Waals surface area contributed by atoms with Crippen LogP contribution in [0.5, 0.6) is 0 Å². The van der Waals surface area contributed by atoms with E-state index in [4.69, 9.17) is 5.73 Å². The summed E-state index contributed by atoms with van der Waals surface area (Å²) >= 11 is 0. The van der Waals surface area contributed by atoms with Crippen molar-refractivity contribution in [3.8, 4) is 0 Å². The van der Waals surface area contributed by atoms with Crippen LogP contribution in [-0.4, -0.2) is 19.5 Å². The van der Waals surface area contributed by atoms with Crippen molar-refractivity contribution in [3.05, 3.63) is 16.8 Å². The van der Waals surface area contributed by atoms with Crippen LogP contribution in [0.15, 0.2) is 11.1 Å². The number of fused-ring (bicyclic) bond motifs is 1. The van der Waals surface area contributed by atoms with Crippen LogP contribution in [0.1, 0.15) is 40.0 Å². The van der Waals surface area contributed by atoms with Gasteiger partial charge in [-0.25, -0.2) is 9.78 Å². The fraction of sp³-hybridized carbons (Fsp3) is 0.583. The minimum atomic E-state index is -0.434. The third-order valence-electron chi connectivity index (χ3n) is 3.59. The highest BCUT2D eigenvalue weighted by atomic mass is 16.1. The summed E-state index contributed by atoms with van der Waals surface area (Å²) in [6, 6.07) is 0. The second-order valence-electron chi connectivity index (χ2n) is 4.84. The van der Waals surface area contributed by atoms with Crippen molar-refractivity contribution in [1.29, 1.82) is 0 Å². The molecule has 6 heteroatoms. The predicted molar refractivity (Wildman–Crippen MR) is 71.4 cm³/mol. The summed E-state index contributed by atoms with van der Waals surface area (Å²) in [5.41, 5.74) is 6.44. The minimum Gasteiger partial charge on any atom is -0.382 e. The largest absolute Gasteiger partial charge is 0.382 e. The predicted octanol–water partition coefficient (Wildman–Crippen LogP) is 1.63. The zero-order chi connectivity index (χ0) is 13.3. The Morgan fingerprint density at radius 3 is 2.83 bits per heavy atom. The molecule has 1 atom stereocenters. The lowest BCUT2D eigenvalue weighted by atomic mass is 9.93. The third-order valence-corrected chi connectivity index (χ3v) is 3.59. The Morgan fingerprint density at radius 1 is 1.50 bits per heavy atom. The van der Waals surface area contributed by atoms with Crippen molar-refractivity contribution >= 4 is 17.0 Å². The van der Waals surface area contributed by atoms with E-state index in [9.17, 15) is 4.79 Å². The molecule has 0 radical (unpaired) electrons. The molecule has 18 heavy (non-hydrogen) atoms. The number of nitrogen functional groups attached to an aromatic ring is 1. The molecule has 0 saturated heterocycles. The average Bonchev–Trinajstić information content (AvgIpc) is 2.73. The van der Waals surface area contributed by atoms with E-state index < -0.39 is 5.69 Å². The monoisotopic (exact) mass is 249 g/mol. The Kier molecular flexibility index (Phi) is 3.11. The maximum atomic E-state index is 11.4. The zero-order valence-corrected chi connectivity index (χ0v) is 11.0. The van der Waals surface area contributed by atoms with Gasteiger partial charge in [0.2, 0.25) is 0 Å². The van der Waals surface area contributed by atoms with Crippen LogP contribution in [0.4, 0.5) is 5.82 Å². The van der Waals surface area contributed by atoms with Gasteiger partial charge in [-0.3, -0.25) is 4.98 Å². The molecule has 0 saturated carbocycles. The molecule has 0 bridgehead atoms. The number of nitrogens with one attached hydrogen (secondary N) is 1. The van der Waals surface area contributed by atoms with Gasteiger partial charge >= 0.3 is 5.69 Å². The zero-order valence-electron chi connectivity index (χ0n) is 11.0. The molecule has 0 amide bonds. The molecule has 1 unspecified atom stereocenters. The molecule has 98 valence electrons. The van der Waals surface area contributed by atoms with Crippen molar-refractivity contribution in [2.24, 2.45) is 0 Å². The van der Waals surface area contributed by atoms with Gasteiger partial charge < -0.3 is 10.3 Å². The summed E-state index contributed by atoms with van der Waals surface area (Å²) in [7, 11) is 0. The van der Waals surface area contributed by atoms with Crippen LogP contribution in [0.25, 0.3) is 11.2 Å². The standard InChI is InChI=1S/C12H19N5O/c1-4-6-12(3,5-2)17-7-14-8-9(13)15-11(18)16-10(8)17/h7H,4-6H2,1-3H3,(H3,13,15,16,18). The van der Waals surface area contributed by atoms with Gasteiger partial charge in [-0.15, -0.1) is 0 Å². The first kappa shape index (κ1) is 12.6. The lowest BCUT2D eigenvalue weighted by Gasteiger charge is -2.30. The van der Waals surface area contributed by atoms with E-state index >= 15 is 0 Å². The fourth-order valence-electron chi connectivity index (χ4n) is 2.36. The molecule has 3 N–H and O–H groups in total.